The molecule has 2 N–H and O–H groups in total. The Kier molecular flexibility index (Phi) is 3.21. The summed E-state index contributed by atoms with van der Waals surface area (Å²) < 4.78 is 31.9. The number of nitrogens with two attached hydrogens (primary N) is 1. The fraction of sp³-hybridized carbons (Fsp3) is 0.133. The Morgan fingerprint density at radius 1 is 1.19 bits per heavy atom. The Morgan fingerprint density at radius 3 is 2.71 bits per heavy atom. The third kappa shape index (κ3) is 2.29. The van der Waals surface area contributed by atoms with Gasteiger partial charge in [0.15, 0.2) is 11.6 Å². The third-order valence-electron chi connectivity index (χ3n) is 3.30. The van der Waals surface area contributed by atoms with Gasteiger partial charge >= 0.3 is 0 Å². The maximum absolute atomic E-state index is 13.4. The van der Waals surface area contributed by atoms with Gasteiger partial charge in [-0.2, -0.15) is 0 Å². The van der Waals surface area contributed by atoms with Crippen LogP contribution in [0.5, 0.6) is 5.75 Å². The molecule has 0 aromatic heterocycles. The first-order chi connectivity index (χ1) is 10.1. The predicted octanol–water partition coefficient (Wildman–Crippen LogP) is 2.59. The van der Waals surface area contributed by atoms with Crippen molar-refractivity contribution in [3.63, 3.8) is 0 Å². The zero-order valence-corrected chi connectivity index (χ0v) is 11.0. The number of rotatable bonds is 1. The smallest absolute Gasteiger partial charge is 0.260 e. The maximum atomic E-state index is 13.4. The van der Waals surface area contributed by atoms with Gasteiger partial charge < -0.3 is 15.4 Å². The number of anilines is 2. The number of benzene rings is 2. The number of amides is 1. The second-order valence-electron chi connectivity index (χ2n) is 4.63. The lowest BCUT2D eigenvalue weighted by Crippen LogP contribution is -2.38. The quantitative estimate of drug-likeness (QED) is 0.821. The normalized spacial score (nSPS) is 13.5. The highest BCUT2D eigenvalue weighted by atomic mass is 19.2. The lowest BCUT2D eigenvalue weighted by Gasteiger charge is -2.29. The molecule has 2 aromatic carbocycles. The number of fused-ring (bicyclic) bond motifs is 1. The molecule has 4 nitrogen and oxygen atoms in total. The van der Waals surface area contributed by atoms with E-state index < -0.39 is 17.5 Å². The van der Waals surface area contributed by atoms with Crippen LogP contribution in [0.4, 0.5) is 20.2 Å². The van der Waals surface area contributed by atoms with Gasteiger partial charge in [-0.25, -0.2) is 8.78 Å². The molecular weight excluding hydrogens is 278 g/mol. The SMILES string of the molecule is Nc1cc(F)c(F)cc1C(=O)N1CCOc2ccccc21. The zero-order valence-electron chi connectivity index (χ0n) is 11.0. The largest absolute Gasteiger partial charge is 0.490 e. The van der Waals surface area contributed by atoms with Gasteiger partial charge in [-0.05, 0) is 18.2 Å². The highest BCUT2D eigenvalue weighted by Gasteiger charge is 2.26. The van der Waals surface area contributed by atoms with Crippen LogP contribution in [0.1, 0.15) is 10.4 Å². The van der Waals surface area contributed by atoms with Gasteiger partial charge in [0.25, 0.3) is 5.91 Å². The van der Waals surface area contributed by atoms with Gasteiger partial charge in [0.2, 0.25) is 0 Å². The fourth-order valence-corrected chi connectivity index (χ4v) is 2.27. The number of nitrogen functional groups attached to an aromatic ring is 1. The number of para-hydroxylation sites is 2. The van der Waals surface area contributed by atoms with E-state index >= 15 is 0 Å². The molecular formula is C15H12F2N2O2. The summed E-state index contributed by atoms with van der Waals surface area (Å²) >= 11 is 0. The molecule has 1 aliphatic heterocycles. The number of ether oxygens (including phenoxy) is 1. The summed E-state index contributed by atoms with van der Waals surface area (Å²) in [6.07, 6.45) is 0. The molecule has 0 radical (unpaired) electrons. The average Bonchev–Trinajstić information content (AvgIpc) is 2.49. The number of hydrogen-bond donors (Lipinski definition) is 1. The van der Waals surface area contributed by atoms with E-state index in [1.165, 1.54) is 4.90 Å². The molecule has 21 heavy (non-hydrogen) atoms. The van der Waals surface area contributed by atoms with Crippen molar-refractivity contribution in [2.24, 2.45) is 0 Å². The molecule has 3 rings (SSSR count). The summed E-state index contributed by atoms with van der Waals surface area (Å²) in [5.41, 5.74) is 6.05. The van der Waals surface area contributed by atoms with Crippen LogP contribution in [0, 0.1) is 11.6 Å². The van der Waals surface area contributed by atoms with E-state index in [1.54, 1.807) is 24.3 Å². The molecule has 1 amide bonds. The predicted molar refractivity (Wildman–Crippen MR) is 74.4 cm³/mol. The summed E-state index contributed by atoms with van der Waals surface area (Å²) in [5, 5.41) is 0. The van der Waals surface area contributed by atoms with E-state index in [0.717, 1.165) is 12.1 Å². The molecule has 1 heterocycles. The van der Waals surface area contributed by atoms with Crippen molar-refractivity contribution in [2.75, 3.05) is 23.8 Å². The van der Waals surface area contributed by atoms with Gasteiger partial charge in [-0.3, -0.25) is 4.79 Å². The molecule has 0 saturated carbocycles. The van der Waals surface area contributed by atoms with Crippen LogP contribution < -0.4 is 15.4 Å². The molecule has 0 spiro atoms. The van der Waals surface area contributed by atoms with Crippen LogP contribution in [-0.4, -0.2) is 19.1 Å². The molecule has 0 unspecified atom stereocenters. The Bertz CT molecular complexity index is 719. The van der Waals surface area contributed by atoms with Gasteiger partial charge in [-0.1, -0.05) is 12.1 Å². The van der Waals surface area contributed by atoms with Crippen LogP contribution in [-0.2, 0) is 0 Å². The van der Waals surface area contributed by atoms with Crippen LogP contribution >= 0.6 is 0 Å². The van der Waals surface area contributed by atoms with E-state index in [4.69, 9.17) is 10.5 Å². The van der Waals surface area contributed by atoms with E-state index in [2.05, 4.69) is 0 Å². The number of nitrogens with zero attached hydrogens (tertiary/aromatic N) is 1. The third-order valence-corrected chi connectivity index (χ3v) is 3.30. The first-order valence-corrected chi connectivity index (χ1v) is 6.36. The second kappa shape index (κ2) is 5.05. The van der Waals surface area contributed by atoms with Crippen molar-refractivity contribution in [3.05, 3.63) is 53.6 Å². The van der Waals surface area contributed by atoms with Crippen LogP contribution in [0.2, 0.25) is 0 Å². The maximum Gasteiger partial charge on any atom is 0.260 e. The number of halogens is 2. The van der Waals surface area contributed by atoms with Crippen molar-refractivity contribution in [2.45, 2.75) is 0 Å². The topological polar surface area (TPSA) is 55.6 Å². The van der Waals surface area contributed by atoms with Gasteiger partial charge in [0.05, 0.1) is 17.8 Å². The van der Waals surface area contributed by atoms with Gasteiger partial charge in [0.1, 0.15) is 12.4 Å². The summed E-state index contributed by atoms with van der Waals surface area (Å²) in [5.74, 6) is -2.10. The van der Waals surface area contributed by atoms with Crippen molar-refractivity contribution in [1.29, 1.82) is 0 Å². The summed E-state index contributed by atoms with van der Waals surface area (Å²) in [7, 11) is 0. The Balaban J connectivity index is 2.03. The lowest BCUT2D eigenvalue weighted by molar-refractivity contribution is 0.0977. The highest BCUT2D eigenvalue weighted by molar-refractivity contribution is 6.10. The Morgan fingerprint density at radius 2 is 1.90 bits per heavy atom. The summed E-state index contributed by atoms with van der Waals surface area (Å²) in [4.78, 5) is 14.0. The fourth-order valence-electron chi connectivity index (χ4n) is 2.27. The molecule has 0 aliphatic carbocycles. The molecule has 6 heteroatoms. The van der Waals surface area contributed by atoms with Crippen LogP contribution in [0.15, 0.2) is 36.4 Å². The first kappa shape index (κ1) is 13.4. The Hall–Kier alpha value is -2.63. The number of hydrogen-bond acceptors (Lipinski definition) is 3. The van der Waals surface area contributed by atoms with Gasteiger partial charge in [-0.15, -0.1) is 0 Å². The molecule has 0 bridgehead atoms. The molecule has 2 aromatic rings. The van der Waals surface area contributed by atoms with Crippen molar-refractivity contribution in [1.82, 2.24) is 0 Å². The van der Waals surface area contributed by atoms with Gasteiger partial charge in [0, 0.05) is 11.8 Å². The minimum absolute atomic E-state index is 0.0643. The molecule has 0 saturated heterocycles. The van der Waals surface area contributed by atoms with Crippen molar-refractivity contribution in [3.8, 4) is 5.75 Å². The highest BCUT2D eigenvalue weighted by Crippen LogP contribution is 2.32. The minimum atomic E-state index is -1.10. The van der Waals surface area contributed by atoms with Crippen LogP contribution in [0.3, 0.4) is 0 Å². The molecule has 1 aliphatic rings. The average molecular weight is 290 g/mol. The molecule has 0 fully saturated rings. The number of carbonyl (C=O) groups excluding carboxylic acids is 1. The lowest BCUT2D eigenvalue weighted by atomic mass is 10.1. The summed E-state index contributed by atoms with van der Waals surface area (Å²) in [6, 6.07) is 8.66. The minimum Gasteiger partial charge on any atom is -0.490 e. The van der Waals surface area contributed by atoms with Crippen molar-refractivity contribution >= 4 is 17.3 Å². The zero-order chi connectivity index (χ0) is 15.0. The second-order valence-corrected chi connectivity index (χ2v) is 4.63. The van der Waals surface area contributed by atoms with Crippen molar-refractivity contribution < 1.29 is 18.3 Å². The van der Waals surface area contributed by atoms with E-state index in [0.29, 0.717) is 24.6 Å². The number of carbonyl (C=O) groups is 1. The molecule has 0 atom stereocenters. The van der Waals surface area contributed by atoms with E-state index in [1.807, 2.05) is 0 Å². The standard InChI is InChI=1S/C15H12F2N2O2/c16-10-7-9(12(18)8-11(10)17)15(20)19-5-6-21-14-4-2-1-3-13(14)19/h1-4,7-8H,5-6,18H2. The Labute approximate surface area is 119 Å². The monoisotopic (exact) mass is 290 g/mol. The first-order valence-electron chi connectivity index (χ1n) is 6.36. The summed E-state index contributed by atoms with van der Waals surface area (Å²) in [6.45, 7) is 0.640. The van der Waals surface area contributed by atoms with Crippen LogP contribution in [0.25, 0.3) is 0 Å². The molecule has 108 valence electrons. The van der Waals surface area contributed by atoms with E-state index in [9.17, 15) is 13.6 Å². The van der Waals surface area contributed by atoms with E-state index in [-0.39, 0.29) is 11.3 Å².